The van der Waals surface area contributed by atoms with Gasteiger partial charge in [0.25, 0.3) is 0 Å². The van der Waals surface area contributed by atoms with Gasteiger partial charge >= 0.3 is 296 Å². The van der Waals surface area contributed by atoms with Crippen molar-refractivity contribution >= 4 is 19.1 Å². The summed E-state index contributed by atoms with van der Waals surface area (Å²) >= 11 is -5.11. The molecule has 0 radical (unpaired) electrons. The Hall–Kier alpha value is -2.55. The second-order valence-electron chi connectivity index (χ2n) is 21.6. The van der Waals surface area contributed by atoms with Crippen LogP contribution in [0.3, 0.4) is 0 Å². The Balaban J connectivity index is 1.40. The summed E-state index contributed by atoms with van der Waals surface area (Å²) < 4.78 is 10.4. The molecule has 2 unspecified atom stereocenters. The molecule has 3 aliphatic rings. The molecule has 0 nitrogen and oxygen atoms in total. The van der Waals surface area contributed by atoms with E-state index in [0.717, 1.165) is 3.67 Å². The van der Waals surface area contributed by atoms with E-state index in [1.54, 1.807) is 11.1 Å². The Morgan fingerprint density at radius 1 is 0.531 bits per heavy atom. The van der Waals surface area contributed by atoms with Gasteiger partial charge in [0.1, 0.15) is 0 Å². The second-order valence-corrected chi connectivity index (χ2v) is 101. The molecule has 256 valence electrons. The van der Waals surface area contributed by atoms with E-state index in [1.165, 1.54) is 76.6 Å². The molecular formula is C47H60HfSi. The Kier molecular flexibility index (Phi) is 7.48. The van der Waals surface area contributed by atoms with Crippen LogP contribution in [0.25, 0.3) is 34.4 Å². The molecule has 0 aliphatic heterocycles. The minimum atomic E-state index is -5.11. The minimum absolute atomic E-state index is 0.150. The van der Waals surface area contributed by atoms with Crippen molar-refractivity contribution < 1.29 is 14.2 Å². The van der Waals surface area contributed by atoms with Crippen LogP contribution >= 0.6 is 0 Å². The first-order valence-corrected chi connectivity index (χ1v) is 44.5. The van der Waals surface area contributed by atoms with Crippen LogP contribution in [0.15, 0.2) is 97.1 Å². The molecule has 1 saturated carbocycles. The van der Waals surface area contributed by atoms with E-state index in [2.05, 4.69) is 172 Å². The number of allylic oxidation sites excluding steroid dienone is 2. The number of hydrogen-bond acceptors (Lipinski definition) is 0. The molecule has 2 heteroatoms. The molecule has 0 bridgehead atoms. The summed E-state index contributed by atoms with van der Waals surface area (Å²) in [6.45, 7) is 16.4. The Bertz CT molecular complexity index is 2000. The van der Waals surface area contributed by atoms with Crippen molar-refractivity contribution in [3.8, 4) is 22.3 Å². The van der Waals surface area contributed by atoms with Crippen LogP contribution in [0.5, 0.6) is 0 Å². The zero-order valence-electron chi connectivity index (χ0n) is 31.9. The molecule has 4 aromatic rings. The van der Waals surface area contributed by atoms with Crippen molar-refractivity contribution in [3.63, 3.8) is 0 Å². The fraction of sp³-hybridized carbons (Fsp3) is 0.404. The third kappa shape index (κ3) is 5.28. The van der Waals surface area contributed by atoms with E-state index in [1.807, 2.05) is 0 Å². The van der Waals surface area contributed by atoms with Gasteiger partial charge in [0.2, 0.25) is 0 Å². The molecule has 0 spiro atoms. The standard InChI is InChI=1S/2C19H19.C6H11.3CH3.Hf.H2Si/c2*1-19(2,3)16-12-10-15(11-13-16)18-9-5-7-14-6-4-8-17(14)18;1-2-4-6-5-3-1;;;;;/h2*4-13H,1-3H3;1H,2-6H2;3*1H3;;1H2. The first-order valence-electron chi connectivity index (χ1n) is 19.2. The molecule has 0 N–H and O–H groups in total. The van der Waals surface area contributed by atoms with Gasteiger partial charge in [-0.25, -0.2) is 0 Å². The zero-order valence-corrected chi connectivity index (χ0v) is 36.9. The van der Waals surface area contributed by atoms with Crippen molar-refractivity contribution in [2.24, 2.45) is 0 Å². The number of hydrogen-bond donors (Lipinski definition) is 0. The van der Waals surface area contributed by atoms with E-state index in [9.17, 15) is 0 Å². The van der Waals surface area contributed by atoms with Gasteiger partial charge in [-0.2, -0.15) is 0 Å². The van der Waals surface area contributed by atoms with Gasteiger partial charge in [0.05, 0.1) is 0 Å². The normalized spacial score (nSPS) is 21.8. The maximum atomic E-state index is 2.92. The van der Waals surface area contributed by atoms with Crippen molar-refractivity contribution in [2.75, 3.05) is 0 Å². The number of fused-ring (bicyclic) bond motifs is 2. The van der Waals surface area contributed by atoms with Crippen LogP contribution in [0, 0.1) is 0 Å². The van der Waals surface area contributed by atoms with Gasteiger partial charge in [0.15, 0.2) is 0 Å². The molecular weight excluding hydrogens is 771 g/mol. The predicted molar refractivity (Wildman–Crippen MR) is 218 cm³/mol. The summed E-state index contributed by atoms with van der Waals surface area (Å²) in [5.41, 5.74) is 14.6. The fourth-order valence-corrected chi connectivity index (χ4v) is 57.0. The van der Waals surface area contributed by atoms with Gasteiger partial charge in [0, 0.05) is 0 Å². The number of rotatable bonds is 5. The molecule has 2 atom stereocenters. The van der Waals surface area contributed by atoms with E-state index in [4.69, 9.17) is 0 Å². The maximum absolute atomic E-state index is 5.11. The fourth-order valence-electron chi connectivity index (χ4n) is 11.1. The summed E-state index contributed by atoms with van der Waals surface area (Å²) in [5, 5.41) is 0. The Morgan fingerprint density at radius 2 is 0.918 bits per heavy atom. The quantitative estimate of drug-likeness (QED) is 0.176. The van der Waals surface area contributed by atoms with Gasteiger partial charge in [-0.3, -0.25) is 0 Å². The molecule has 0 amide bonds. The summed E-state index contributed by atoms with van der Waals surface area (Å²) in [6.07, 6.45) is 17.3. The molecule has 49 heavy (non-hydrogen) atoms. The topological polar surface area (TPSA) is 0 Å². The average Bonchev–Trinajstić information content (AvgIpc) is 3.72. The molecule has 0 saturated heterocycles. The third-order valence-corrected chi connectivity index (χ3v) is 68.2. The molecule has 4 aromatic carbocycles. The van der Waals surface area contributed by atoms with E-state index in [0.29, 0.717) is 7.35 Å². The summed E-state index contributed by atoms with van der Waals surface area (Å²) in [5.74, 6) is 0. The van der Waals surface area contributed by atoms with Gasteiger partial charge < -0.3 is 0 Å². The van der Waals surface area contributed by atoms with Gasteiger partial charge in [-0.15, -0.1) is 0 Å². The molecule has 1 fully saturated rings. The average molecular weight is 832 g/mol. The van der Waals surface area contributed by atoms with Crippen LogP contribution in [0.1, 0.15) is 114 Å². The number of benzene rings is 4. The monoisotopic (exact) mass is 832 g/mol. The van der Waals surface area contributed by atoms with Crippen molar-refractivity contribution in [1.29, 1.82) is 0 Å². The summed E-state index contributed by atoms with van der Waals surface area (Å²) in [7, 11) is 0. The summed E-state index contributed by atoms with van der Waals surface area (Å²) in [4.78, 5) is 0. The van der Waals surface area contributed by atoms with Gasteiger partial charge in [-0.1, -0.05) is 0 Å². The van der Waals surface area contributed by atoms with Crippen molar-refractivity contribution in [2.45, 2.75) is 110 Å². The Morgan fingerprint density at radius 3 is 1.29 bits per heavy atom. The van der Waals surface area contributed by atoms with E-state index < -0.39 is 14.2 Å². The zero-order chi connectivity index (χ0) is 35.1. The molecule has 0 aromatic heterocycles. The molecule has 0 heterocycles. The summed E-state index contributed by atoms with van der Waals surface area (Å²) in [6, 6.07) is 33.2. The SMILES string of the molecule is CC(C)(C)c1ccc(-c2cccc3c2C=C[CH]3[Hf]([CH3])([CH3])([CH3])(=[SiH2])([CH]2CCCCC2)[CH]2C=Cc3c(-c4ccc(C(C)(C)C)cc4)cccc32)cc1. The van der Waals surface area contributed by atoms with Crippen LogP contribution in [0.4, 0.5) is 0 Å². The van der Waals surface area contributed by atoms with Gasteiger partial charge in [-0.05, 0) is 0 Å². The second kappa shape index (κ2) is 10.5. The molecule has 3 aliphatic carbocycles. The Labute approximate surface area is 293 Å². The van der Waals surface area contributed by atoms with Crippen LogP contribution < -0.4 is 0 Å². The van der Waals surface area contributed by atoms with Crippen LogP contribution in [-0.2, 0) is 25.0 Å². The third-order valence-electron chi connectivity index (χ3n) is 14.6. The molecule has 7 rings (SSSR count). The van der Waals surface area contributed by atoms with Crippen LogP contribution in [-0.4, -0.2) is 6.94 Å². The first kappa shape index (κ1) is 34.9. The van der Waals surface area contributed by atoms with E-state index >= 15 is 0 Å². The van der Waals surface area contributed by atoms with Crippen molar-refractivity contribution in [1.82, 2.24) is 0 Å². The first-order chi connectivity index (χ1) is 22.8. The van der Waals surface area contributed by atoms with Crippen LogP contribution in [0.2, 0.25) is 17.7 Å². The van der Waals surface area contributed by atoms with E-state index in [-0.39, 0.29) is 10.8 Å². The van der Waals surface area contributed by atoms with Crippen molar-refractivity contribution in [3.05, 3.63) is 130 Å². The predicted octanol–water partition coefficient (Wildman–Crippen LogP) is 13.7.